The predicted octanol–water partition coefficient (Wildman–Crippen LogP) is 2.73. The molecule has 0 aliphatic carbocycles. The topological polar surface area (TPSA) is 108 Å². The molecule has 0 radical (unpaired) electrons. The van der Waals surface area contributed by atoms with E-state index in [2.05, 4.69) is 15.6 Å². The number of rotatable bonds is 5. The van der Waals surface area contributed by atoms with Crippen LogP contribution in [0.25, 0.3) is 0 Å². The number of benzene rings is 1. The summed E-state index contributed by atoms with van der Waals surface area (Å²) >= 11 is 0. The van der Waals surface area contributed by atoms with E-state index >= 15 is 0 Å². The minimum absolute atomic E-state index is 0.0954. The van der Waals surface area contributed by atoms with Crippen LogP contribution < -0.4 is 10.6 Å². The second kappa shape index (κ2) is 7.77. The lowest BCUT2D eigenvalue weighted by molar-refractivity contribution is 0.0943. The van der Waals surface area contributed by atoms with Gasteiger partial charge in [-0.05, 0) is 42.5 Å². The van der Waals surface area contributed by atoms with Crippen molar-refractivity contribution in [1.29, 1.82) is 5.26 Å². The second-order valence-corrected chi connectivity index (χ2v) is 5.32. The zero-order chi connectivity index (χ0) is 18.4. The van der Waals surface area contributed by atoms with Crippen molar-refractivity contribution in [3.05, 3.63) is 83.6 Å². The molecule has 3 rings (SSSR count). The van der Waals surface area contributed by atoms with E-state index in [0.717, 1.165) is 0 Å². The molecule has 1 aromatic carbocycles. The molecule has 7 nitrogen and oxygen atoms in total. The van der Waals surface area contributed by atoms with Gasteiger partial charge in [0.25, 0.3) is 11.8 Å². The SMILES string of the molecule is N#Cc1cccc(NC(=O)c2cccc(C(=O)NCc3ccco3)n2)c1. The number of hydrogen-bond acceptors (Lipinski definition) is 5. The van der Waals surface area contributed by atoms with Gasteiger partial charge in [-0.25, -0.2) is 4.98 Å². The zero-order valence-corrected chi connectivity index (χ0v) is 13.6. The van der Waals surface area contributed by atoms with E-state index in [1.165, 1.54) is 18.4 Å². The summed E-state index contributed by atoms with van der Waals surface area (Å²) in [7, 11) is 0. The first-order valence-electron chi connectivity index (χ1n) is 7.75. The maximum atomic E-state index is 12.3. The van der Waals surface area contributed by atoms with Crippen LogP contribution in [0.1, 0.15) is 32.3 Å². The summed E-state index contributed by atoms with van der Waals surface area (Å²) in [6, 6.07) is 16.6. The van der Waals surface area contributed by atoms with Gasteiger partial charge >= 0.3 is 0 Å². The number of pyridine rings is 1. The average Bonchev–Trinajstić information content (AvgIpc) is 3.20. The molecular weight excluding hydrogens is 332 g/mol. The molecule has 2 N–H and O–H groups in total. The third-order valence-corrected chi connectivity index (χ3v) is 3.47. The highest BCUT2D eigenvalue weighted by atomic mass is 16.3. The van der Waals surface area contributed by atoms with E-state index in [1.807, 2.05) is 6.07 Å². The Balaban J connectivity index is 1.68. The lowest BCUT2D eigenvalue weighted by Crippen LogP contribution is -2.24. The van der Waals surface area contributed by atoms with Gasteiger partial charge in [-0.1, -0.05) is 12.1 Å². The van der Waals surface area contributed by atoms with Crippen LogP contribution >= 0.6 is 0 Å². The first-order chi connectivity index (χ1) is 12.7. The number of aromatic nitrogens is 1. The molecule has 128 valence electrons. The number of nitrogens with zero attached hydrogens (tertiary/aromatic N) is 2. The lowest BCUT2D eigenvalue weighted by atomic mass is 10.2. The summed E-state index contributed by atoms with van der Waals surface area (Å²) in [6.07, 6.45) is 1.52. The van der Waals surface area contributed by atoms with Gasteiger partial charge in [0.05, 0.1) is 24.4 Å². The van der Waals surface area contributed by atoms with Crippen LogP contribution in [0.4, 0.5) is 5.69 Å². The van der Waals surface area contributed by atoms with Crippen molar-refractivity contribution in [2.45, 2.75) is 6.54 Å². The number of anilines is 1. The van der Waals surface area contributed by atoms with E-state index in [0.29, 0.717) is 17.0 Å². The number of carbonyl (C=O) groups is 2. The second-order valence-electron chi connectivity index (χ2n) is 5.32. The number of nitriles is 1. The van der Waals surface area contributed by atoms with Crippen LogP contribution in [0, 0.1) is 11.3 Å². The molecule has 0 atom stereocenters. The summed E-state index contributed by atoms with van der Waals surface area (Å²) in [5, 5.41) is 14.2. The molecular formula is C19H14N4O3. The third kappa shape index (κ3) is 4.13. The fourth-order valence-electron chi connectivity index (χ4n) is 2.22. The number of nitrogens with one attached hydrogen (secondary N) is 2. The molecule has 0 aliphatic rings. The summed E-state index contributed by atoms with van der Waals surface area (Å²) in [4.78, 5) is 28.6. The standard InChI is InChI=1S/C19H14N4O3/c20-11-13-4-1-5-14(10-13)22-19(25)17-8-2-7-16(23-17)18(24)21-12-15-6-3-9-26-15/h1-10H,12H2,(H,21,24)(H,22,25). The van der Waals surface area contributed by atoms with Crippen molar-refractivity contribution in [2.24, 2.45) is 0 Å². The fraction of sp³-hybridized carbons (Fsp3) is 0.0526. The van der Waals surface area contributed by atoms with Crippen LogP contribution in [-0.2, 0) is 6.54 Å². The van der Waals surface area contributed by atoms with Crippen LogP contribution in [0.3, 0.4) is 0 Å². The van der Waals surface area contributed by atoms with Gasteiger partial charge in [0, 0.05) is 5.69 Å². The van der Waals surface area contributed by atoms with E-state index in [-0.39, 0.29) is 17.9 Å². The first kappa shape index (κ1) is 16.9. The summed E-state index contributed by atoms with van der Waals surface area (Å²) in [5.74, 6) is -0.270. The van der Waals surface area contributed by atoms with E-state index < -0.39 is 11.8 Å². The molecule has 3 aromatic rings. The molecule has 2 aromatic heterocycles. The van der Waals surface area contributed by atoms with Crippen molar-refractivity contribution in [3.8, 4) is 6.07 Å². The molecule has 7 heteroatoms. The highest BCUT2D eigenvalue weighted by Crippen LogP contribution is 2.11. The third-order valence-electron chi connectivity index (χ3n) is 3.47. The van der Waals surface area contributed by atoms with Crippen molar-refractivity contribution in [1.82, 2.24) is 10.3 Å². The van der Waals surface area contributed by atoms with Crippen molar-refractivity contribution in [2.75, 3.05) is 5.32 Å². The van der Waals surface area contributed by atoms with Gasteiger partial charge in [0.2, 0.25) is 0 Å². The quantitative estimate of drug-likeness (QED) is 0.738. The van der Waals surface area contributed by atoms with E-state index in [9.17, 15) is 9.59 Å². The van der Waals surface area contributed by atoms with Crippen LogP contribution in [-0.4, -0.2) is 16.8 Å². The first-order valence-corrected chi connectivity index (χ1v) is 7.75. The number of amides is 2. The van der Waals surface area contributed by atoms with E-state index in [4.69, 9.17) is 9.68 Å². The Labute approximate surface area is 149 Å². The Morgan fingerprint density at radius 3 is 2.54 bits per heavy atom. The number of furan rings is 1. The van der Waals surface area contributed by atoms with Gasteiger partial charge in [0.15, 0.2) is 0 Å². The summed E-state index contributed by atoms with van der Waals surface area (Å²) in [6.45, 7) is 0.227. The molecule has 26 heavy (non-hydrogen) atoms. The fourth-order valence-corrected chi connectivity index (χ4v) is 2.22. The highest BCUT2D eigenvalue weighted by Gasteiger charge is 2.13. The van der Waals surface area contributed by atoms with Gasteiger partial charge in [-0.3, -0.25) is 9.59 Å². The van der Waals surface area contributed by atoms with Crippen LogP contribution in [0.2, 0.25) is 0 Å². The highest BCUT2D eigenvalue weighted by molar-refractivity contribution is 6.03. The molecule has 0 spiro atoms. The van der Waals surface area contributed by atoms with Crippen molar-refractivity contribution >= 4 is 17.5 Å². The molecule has 0 bridgehead atoms. The number of hydrogen-bond donors (Lipinski definition) is 2. The monoisotopic (exact) mass is 346 g/mol. The van der Waals surface area contributed by atoms with Crippen molar-refractivity contribution in [3.63, 3.8) is 0 Å². The molecule has 2 amide bonds. The zero-order valence-electron chi connectivity index (χ0n) is 13.6. The van der Waals surface area contributed by atoms with Crippen LogP contribution in [0.5, 0.6) is 0 Å². The Bertz CT molecular complexity index is 974. The van der Waals surface area contributed by atoms with E-state index in [1.54, 1.807) is 42.5 Å². The average molecular weight is 346 g/mol. The molecule has 0 fully saturated rings. The normalized spacial score (nSPS) is 9.96. The minimum atomic E-state index is -0.472. The Kier molecular flexibility index (Phi) is 5.05. The Morgan fingerprint density at radius 1 is 1.04 bits per heavy atom. The molecule has 0 saturated carbocycles. The summed E-state index contributed by atoms with van der Waals surface area (Å²) in [5.41, 5.74) is 1.12. The number of carbonyl (C=O) groups excluding carboxylic acids is 2. The smallest absolute Gasteiger partial charge is 0.274 e. The minimum Gasteiger partial charge on any atom is -0.467 e. The van der Waals surface area contributed by atoms with Gasteiger partial charge in [-0.2, -0.15) is 5.26 Å². The molecule has 0 saturated heterocycles. The van der Waals surface area contributed by atoms with Crippen molar-refractivity contribution < 1.29 is 14.0 Å². The summed E-state index contributed by atoms with van der Waals surface area (Å²) < 4.78 is 5.14. The maximum Gasteiger partial charge on any atom is 0.274 e. The molecule has 2 heterocycles. The van der Waals surface area contributed by atoms with Gasteiger partial charge in [-0.15, -0.1) is 0 Å². The maximum absolute atomic E-state index is 12.3. The lowest BCUT2D eigenvalue weighted by Gasteiger charge is -2.07. The van der Waals surface area contributed by atoms with Gasteiger partial charge in [0.1, 0.15) is 17.1 Å². The van der Waals surface area contributed by atoms with Crippen LogP contribution in [0.15, 0.2) is 65.3 Å². The molecule has 0 unspecified atom stereocenters. The Morgan fingerprint density at radius 2 is 1.81 bits per heavy atom. The Hall–Kier alpha value is -3.92. The largest absolute Gasteiger partial charge is 0.467 e. The molecule has 0 aliphatic heterocycles. The predicted molar refractivity (Wildman–Crippen MR) is 93.2 cm³/mol. The van der Waals surface area contributed by atoms with Gasteiger partial charge < -0.3 is 15.1 Å².